The maximum atomic E-state index is 6.17. The largest absolute Gasteiger partial charge is 0.310 e. The number of anilines is 3. The number of hydrogen-bond donors (Lipinski definition) is 0. The fourth-order valence-corrected chi connectivity index (χ4v) is 12.0. The van der Waals surface area contributed by atoms with Gasteiger partial charge in [-0.25, -0.2) is 0 Å². The van der Waals surface area contributed by atoms with E-state index in [0.717, 1.165) is 41.2 Å². The Morgan fingerprint density at radius 1 is 0.468 bits per heavy atom. The van der Waals surface area contributed by atoms with Gasteiger partial charge in [-0.3, -0.25) is 0 Å². The third kappa shape index (κ3) is 6.10. The van der Waals surface area contributed by atoms with Gasteiger partial charge in [0.25, 0.3) is 0 Å². The molecule has 2 unspecified atom stereocenters. The molecule has 0 spiro atoms. The smallest absolute Gasteiger partial charge is 0.0541 e. The molecule has 2 nitrogen and oxygen atoms in total. The van der Waals surface area contributed by atoms with Crippen LogP contribution in [0.3, 0.4) is 0 Å². The van der Waals surface area contributed by atoms with Crippen molar-refractivity contribution in [3.05, 3.63) is 206 Å². The van der Waals surface area contributed by atoms with E-state index in [9.17, 15) is 0 Å². The van der Waals surface area contributed by atoms with E-state index in [1.807, 2.05) is 0 Å². The van der Waals surface area contributed by atoms with Crippen LogP contribution in [0.5, 0.6) is 0 Å². The SMILES string of the molecule is C#C[C@H]1C[C@H]2C[C@H]3CC(c4ccc(N(c5ccc(-c6ccc(-c7ccccc7)cc6)cc5)c5cccc(-c6ccccc6-n6c7ccccc7c7ccccc76)c5)cc4)(CC23)C1. The Kier molecular flexibility index (Phi) is 8.79. The van der Waals surface area contributed by atoms with Crippen LogP contribution >= 0.6 is 0 Å². The molecule has 3 fully saturated rings. The molecule has 0 N–H and O–H groups in total. The number of aromatic nitrogens is 1. The molecule has 2 heteroatoms. The van der Waals surface area contributed by atoms with Gasteiger partial charge in [-0.05, 0) is 143 Å². The van der Waals surface area contributed by atoms with E-state index in [0.29, 0.717) is 5.92 Å². The molecule has 0 amide bonds. The van der Waals surface area contributed by atoms with Crippen LogP contribution in [0.15, 0.2) is 200 Å². The van der Waals surface area contributed by atoms with Gasteiger partial charge in [-0.2, -0.15) is 0 Å². The van der Waals surface area contributed by atoms with Gasteiger partial charge in [0.1, 0.15) is 0 Å². The topological polar surface area (TPSA) is 8.17 Å². The van der Waals surface area contributed by atoms with E-state index in [1.165, 1.54) is 92.1 Å². The van der Waals surface area contributed by atoms with Gasteiger partial charge in [0.05, 0.1) is 16.7 Å². The Balaban J connectivity index is 0.948. The molecule has 0 saturated heterocycles. The second-order valence-corrected chi connectivity index (χ2v) is 18.2. The maximum absolute atomic E-state index is 6.17. The first-order valence-corrected chi connectivity index (χ1v) is 22.4. The van der Waals surface area contributed by atoms with Crippen molar-refractivity contribution in [2.24, 2.45) is 23.7 Å². The Morgan fingerprint density at radius 3 is 1.71 bits per heavy atom. The highest BCUT2D eigenvalue weighted by Crippen LogP contribution is 2.65. The molecule has 5 atom stereocenters. The highest BCUT2D eigenvalue weighted by atomic mass is 15.1. The summed E-state index contributed by atoms with van der Waals surface area (Å²) >= 11 is 0. The molecular formula is C60H48N2. The molecule has 298 valence electrons. The Bertz CT molecular complexity index is 3080. The minimum absolute atomic E-state index is 0.190. The minimum atomic E-state index is 0.190. The second-order valence-electron chi connectivity index (χ2n) is 18.2. The van der Waals surface area contributed by atoms with E-state index in [2.05, 4.69) is 216 Å². The van der Waals surface area contributed by atoms with Crippen molar-refractivity contribution in [2.45, 2.75) is 37.5 Å². The third-order valence-corrected chi connectivity index (χ3v) is 14.9. The summed E-state index contributed by atoms with van der Waals surface area (Å²) in [6.07, 6.45) is 12.5. The maximum Gasteiger partial charge on any atom is 0.0541 e. The molecule has 3 aliphatic rings. The summed E-state index contributed by atoms with van der Waals surface area (Å²) in [5, 5.41) is 2.53. The molecule has 1 aromatic heterocycles. The molecule has 12 rings (SSSR count). The van der Waals surface area contributed by atoms with Crippen LogP contribution in [0.25, 0.3) is 60.9 Å². The zero-order valence-electron chi connectivity index (χ0n) is 34.9. The predicted molar refractivity (Wildman–Crippen MR) is 259 cm³/mol. The summed E-state index contributed by atoms with van der Waals surface area (Å²) in [4.78, 5) is 2.43. The van der Waals surface area contributed by atoms with Gasteiger partial charge in [-0.15, -0.1) is 12.3 Å². The number of benzene rings is 8. The van der Waals surface area contributed by atoms with Crippen molar-refractivity contribution >= 4 is 38.9 Å². The van der Waals surface area contributed by atoms with Gasteiger partial charge >= 0.3 is 0 Å². The van der Waals surface area contributed by atoms with E-state index in [4.69, 9.17) is 6.42 Å². The Labute approximate surface area is 365 Å². The number of terminal acetylenes is 1. The van der Waals surface area contributed by atoms with E-state index in [1.54, 1.807) is 0 Å². The van der Waals surface area contributed by atoms with Crippen LogP contribution in [0.4, 0.5) is 17.1 Å². The lowest BCUT2D eigenvalue weighted by Crippen LogP contribution is -2.34. The first-order valence-electron chi connectivity index (χ1n) is 22.4. The molecule has 62 heavy (non-hydrogen) atoms. The summed E-state index contributed by atoms with van der Waals surface area (Å²) in [5.41, 5.74) is 15.9. The van der Waals surface area contributed by atoms with E-state index in [-0.39, 0.29) is 5.41 Å². The van der Waals surface area contributed by atoms with Gasteiger partial charge in [-0.1, -0.05) is 146 Å². The lowest BCUT2D eigenvalue weighted by Gasteiger charge is -2.42. The van der Waals surface area contributed by atoms with Crippen molar-refractivity contribution in [2.75, 3.05) is 4.90 Å². The number of rotatable bonds is 8. The monoisotopic (exact) mass is 796 g/mol. The summed E-state index contributed by atoms with van der Waals surface area (Å²) in [7, 11) is 0. The molecule has 3 aliphatic carbocycles. The highest BCUT2D eigenvalue weighted by molar-refractivity contribution is 6.09. The van der Waals surface area contributed by atoms with Crippen LogP contribution in [0, 0.1) is 36.0 Å². The minimum Gasteiger partial charge on any atom is -0.310 e. The second kappa shape index (κ2) is 14.8. The van der Waals surface area contributed by atoms with Crippen LogP contribution in [0.1, 0.15) is 37.7 Å². The quantitative estimate of drug-likeness (QED) is 0.139. The number of hydrogen-bond acceptors (Lipinski definition) is 1. The Morgan fingerprint density at radius 2 is 1.03 bits per heavy atom. The van der Waals surface area contributed by atoms with Crippen molar-refractivity contribution in [3.63, 3.8) is 0 Å². The van der Waals surface area contributed by atoms with Crippen molar-refractivity contribution < 1.29 is 0 Å². The molecule has 8 aromatic carbocycles. The fraction of sp³-hybridized carbons (Fsp3) is 0.167. The van der Waals surface area contributed by atoms with Crippen molar-refractivity contribution in [1.82, 2.24) is 4.57 Å². The number of nitrogens with zero attached hydrogens (tertiary/aromatic N) is 2. The van der Waals surface area contributed by atoms with Crippen LogP contribution in [-0.4, -0.2) is 4.57 Å². The van der Waals surface area contributed by atoms with Gasteiger partial charge in [0.15, 0.2) is 0 Å². The summed E-state index contributed by atoms with van der Waals surface area (Å²) < 4.78 is 2.43. The lowest BCUT2D eigenvalue weighted by molar-refractivity contribution is 0.0834. The average molecular weight is 797 g/mol. The first-order chi connectivity index (χ1) is 30.6. The molecule has 0 aliphatic heterocycles. The molecule has 3 saturated carbocycles. The summed E-state index contributed by atoms with van der Waals surface area (Å²) in [5.74, 6) is 6.15. The number of fused-ring (bicyclic) bond motifs is 4. The number of para-hydroxylation sites is 3. The third-order valence-electron chi connectivity index (χ3n) is 14.9. The molecule has 2 bridgehead atoms. The van der Waals surface area contributed by atoms with Crippen LogP contribution in [-0.2, 0) is 5.41 Å². The van der Waals surface area contributed by atoms with Crippen molar-refractivity contribution in [3.8, 4) is 51.4 Å². The average Bonchev–Trinajstić information content (AvgIpc) is 3.78. The zero-order chi connectivity index (χ0) is 41.2. The van der Waals surface area contributed by atoms with E-state index >= 15 is 0 Å². The standard InChI is InChI=1S/C60H48N2/c1-2-41-35-47-36-48-39-60(38-41,40-56(47)48)49-29-33-51(34-30-49)61(50-31-27-45(28-32-50)44-25-23-43(24-26-44)42-13-4-3-5-14-42)52-16-12-15-46(37-52)53-17-6-9-20-57(53)62-58-21-10-7-18-54(58)55-19-8-11-22-59(55)62/h1,3-34,37,41,47-48,56H,35-36,38-40H2/t41-,47-,48-,56?,60?/m0/s1. The normalized spacial score (nSPS) is 21.3. The van der Waals surface area contributed by atoms with Crippen molar-refractivity contribution in [1.29, 1.82) is 0 Å². The van der Waals surface area contributed by atoms with Gasteiger partial charge < -0.3 is 9.47 Å². The predicted octanol–water partition coefficient (Wildman–Crippen LogP) is 15.6. The lowest BCUT2D eigenvalue weighted by atomic mass is 9.62. The molecule has 0 radical (unpaired) electrons. The zero-order valence-corrected chi connectivity index (χ0v) is 34.9. The first kappa shape index (κ1) is 36.7. The summed E-state index contributed by atoms with van der Waals surface area (Å²) in [6.45, 7) is 0. The molecule has 1 heterocycles. The van der Waals surface area contributed by atoms with Crippen LogP contribution < -0.4 is 4.90 Å². The molecule has 9 aromatic rings. The van der Waals surface area contributed by atoms with Crippen LogP contribution in [0.2, 0.25) is 0 Å². The fourth-order valence-electron chi connectivity index (χ4n) is 12.0. The highest BCUT2D eigenvalue weighted by Gasteiger charge is 2.57. The van der Waals surface area contributed by atoms with Gasteiger partial charge in [0.2, 0.25) is 0 Å². The van der Waals surface area contributed by atoms with Gasteiger partial charge in [0, 0.05) is 39.3 Å². The summed E-state index contributed by atoms with van der Waals surface area (Å²) in [6, 6.07) is 73.7. The molecular weight excluding hydrogens is 749 g/mol. The van der Waals surface area contributed by atoms with E-state index < -0.39 is 0 Å². The Hall–Kier alpha value is -7.08.